The van der Waals surface area contributed by atoms with E-state index >= 15 is 0 Å². The van der Waals surface area contributed by atoms with E-state index in [0.717, 1.165) is 50.3 Å². The predicted molar refractivity (Wildman–Crippen MR) is 146 cm³/mol. The van der Waals surface area contributed by atoms with Gasteiger partial charge in [0.05, 0.1) is 6.54 Å². The summed E-state index contributed by atoms with van der Waals surface area (Å²) in [5.74, 6) is 6.53. The monoisotopic (exact) mass is 485 g/mol. The normalized spacial score (nSPS) is 16.8. The molecule has 190 valence electrons. The lowest BCUT2D eigenvalue weighted by atomic mass is 9.94. The molecule has 5 nitrogen and oxygen atoms in total. The zero-order valence-corrected chi connectivity index (χ0v) is 21.6. The van der Waals surface area contributed by atoms with Crippen LogP contribution in [0, 0.1) is 11.8 Å². The van der Waals surface area contributed by atoms with E-state index in [1.54, 1.807) is 4.90 Å². The lowest BCUT2D eigenvalue weighted by molar-refractivity contribution is -0.118. The Morgan fingerprint density at radius 3 is 2.28 bits per heavy atom. The van der Waals surface area contributed by atoms with Crippen molar-refractivity contribution >= 4 is 17.5 Å². The molecule has 0 N–H and O–H groups in total. The van der Waals surface area contributed by atoms with Gasteiger partial charge in [-0.2, -0.15) is 0 Å². The fraction of sp³-hybridized carbons (Fsp3) is 0.484. The molecule has 0 spiro atoms. The molecule has 1 heterocycles. The highest BCUT2D eigenvalue weighted by molar-refractivity contribution is 5.94. The first-order chi connectivity index (χ1) is 17.7. The van der Waals surface area contributed by atoms with E-state index in [4.69, 9.17) is 0 Å². The molecule has 0 unspecified atom stereocenters. The van der Waals surface area contributed by atoms with Crippen LogP contribution < -0.4 is 4.90 Å². The molecule has 2 aromatic carbocycles. The number of carbonyl (C=O) groups is 2. The molecule has 1 saturated heterocycles. The van der Waals surface area contributed by atoms with Crippen molar-refractivity contribution in [3.8, 4) is 11.8 Å². The number of piperazine rings is 1. The largest absolute Gasteiger partial charge is 0.336 e. The summed E-state index contributed by atoms with van der Waals surface area (Å²) < 4.78 is 0. The van der Waals surface area contributed by atoms with Crippen LogP contribution in [0.1, 0.15) is 74.2 Å². The van der Waals surface area contributed by atoms with Crippen molar-refractivity contribution < 1.29 is 9.59 Å². The number of carbonyl (C=O) groups excluding carboxylic acids is 2. The number of hydrogen-bond donors (Lipinski definition) is 0. The topological polar surface area (TPSA) is 43.9 Å². The first-order valence-electron chi connectivity index (χ1n) is 13.6. The van der Waals surface area contributed by atoms with Crippen LogP contribution in [-0.2, 0) is 4.79 Å². The fourth-order valence-electron chi connectivity index (χ4n) is 5.23. The second kappa shape index (κ2) is 13.3. The number of hydrogen-bond acceptors (Lipinski definition) is 3. The lowest BCUT2D eigenvalue weighted by Crippen LogP contribution is -2.52. The molecule has 2 aromatic rings. The summed E-state index contributed by atoms with van der Waals surface area (Å²) in [6.07, 6.45) is 9.08. The first-order valence-corrected chi connectivity index (χ1v) is 13.6. The number of amides is 2. The summed E-state index contributed by atoms with van der Waals surface area (Å²) in [5.41, 5.74) is 2.44. The molecule has 1 aliphatic carbocycles. The molecular formula is C31H39N3O2. The highest BCUT2D eigenvalue weighted by atomic mass is 16.2. The third-order valence-electron chi connectivity index (χ3n) is 7.41. The highest BCUT2D eigenvalue weighted by Crippen LogP contribution is 2.24. The fourth-order valence-corrected chi connectivity index (χ4v) is 5.23. The van der Waals surface area contributed by atoms with Gasteiger partial charge in [0.25, 0.3) is 5.91 Å². The highest BCUT2D eigenvalue weighted by Gasteiger charge is 2.27. The van der Waals surface area contributed by atoms with E-state index in [1.165, 1.54) is 32.1 Å². The van der Waals surface area contributed by atoms with Gasteiger partial charge in [0, 0.05) is 55.5 Å². The minimum Gasteiger partial charge on any atom is -0.336 e. The average Bonchev–Trinajstić information content (AvgIpc) is 2.95. The molecule has 0 radical (unpaired) electrons. The third kappa shape index (κ3) is 6.98. The smallest absolute Gasteiger partial charge is 0.253 e. The maximum absolute atomic E-state index is 13.0. The molecule has 0 bridgehead atoms. The number of unbranched alkanes of at least 4 members (excludes halogenated alkanes) is 1. The Kier molecular flexibility index (Phi) is 9.58. The van der Waals surface area contributed by atoms with Crippen molar-refractivity contribution in [2.45, 2.75) is 64.3 Å². The van der Waals surface area contributed by atoms with Crippen LogP contribution >= 0.6 is 0 Å². The quantitative estimate of drug-likeness (QED) is 0.497. The van der Waals surface area contributed by atoms with Crippen LogP contribution in [0.25, 0.3) is 0 Å². The van der Waals surface area contributed by atoms with Crippen molar-refractivity contribution in [3.05, 3.63) is 65.7 Å². The van der Waals surface area contributed by atoms with Gasteiger partial charge in [0.2, 0.25) is 5.91 Å². The van der Waals surface area contributed by atoms with Gasteiger partial charge in [-0.25, -0.2) is 0 Å². The van der Waals surface area contributed by atoms with Crippen molar-refractivity contribution in [2.24, 2.45) is 0 Å². The second-order valence-corrected chi connectivity index (χ2v) is 9.92. The molecule has 5 heteroatoms. The van der Waals surface area contributed by atoms with Gasteiger partial charge in [0.15, 0.2) is 0 Å². The summed E-state index contributed by atoms with van der Waals surface area (Å²) >= 11 is 0. The molecule has 0 aromatic heterocycles. The van der Waals surface area contributed by atoms with Crippen LogP contribution in [0.4, 0.5) is 5.69 Å². The van der Waals surface area contributed by atoms with Gasteiger partial charge in [0.1, 0.15) is 0 Å². The maximum Gasteiger partial charge on any atom is 0.253 e. The Hall–Kier alpha value is -3.10. The van der Waals surface area contributed by atoms with E-state index in [9.17, 15) is 9.59 Å². The Bertz CT molecular complexity index is 1040. The number of nitrogens with zero attached hydrogens (tertiary/aromatic N) is 3. The van der Waals surface area contributed by atoms with Gasteiger partial charge in [-0.3, -0.25) is 14.5 Å². The van der Waals surface area contributed by atoms with Gasteiger partial charge in [-0.05, 0) is 55.7 Å². The zero-order valence-electron chi connectivity index (χ0n) is 21.6. The van der Waals surface area contributed by atoms with Crippen LogP contribution in [0.5, 0.6) is 0 Å². The minimum absolute atomic E-state index is 0.0990. The third-order valence-corrected chi connectivity index (χ3v) is 7.41. The van der Waals surface area contributed by atoms with Gasteiger partial charge < -0.3 is 9.80 Å². The molecular weight excluding hydrogens is 446 g/mol. The Morgan fingerprint density at radius 1 is 0.917 bits per heavy atom. The Balaban J connectivity index is 1.32. The van der Waals surface area contributed by atoms with Gasteiger partial charge >= 0.3 is 0 Å². The van der Waals surface area contributed by atoms with E-state index in [2.05, 4.69) is 23.7 Å². The van der Waals surface area contributed by atoms with Crippen LogP contribution in [0.2, 0.25) is 0 Å². The number of benzene rings is 2. The SMILES string of the molecule is CCCCC(=O)N(CC#Cc1ccc(C(=O)N2CCN(C3CCCCC3)CC2)cc1)c1ccccc1. The molecule has 36 heavy (non-hydrogen) atoms. The molecule has 1 saturated carbocycles. The summed E-state index contributed by atoms with van der Waals surface area (Å²) in [5, 5.41) is 0. The Morgan fingerprint density at radius 2 is 1.61 bits per heavy atom. The minimum atomic E-state index is 0.0990. The molecule has 4 rings (SSSR count). The van der Waals surface area contributed by atoms with Gasteiger partial charge in [-0.1, -0.05) is 62.6 Å². The number of anilines is 1. The number of para-hydroxylation sites is 1. The van der Waals surface area contributed by atoms with Crippen molar-refractivity contribution in [2.75, 3.05) is 37.6 Å². The summed E-state index contributed by atoms with van der Waals surface area (Å²) in [4.78, 5) is 32.1. The molecule has 1 aliphatic heterocycles. The molecule has 2 fully saturated rings. The van der Waals surface area contributed by atoms with Crippen LogP contribution in [0.3, 0.4) is 0 Å². The van der Waals surface area contributed by atoms with Crippen LogP contribution in [-0.4, -0.2) is 60.4 Å². The molecule has 2 amide bonds. The second-order valence-electron chi connectivity index (χ2n) is 9.92. The first kappa shape index (κ1) is 26.0. The van der Waals surface area contributed by atoms with E-state index in [1.807, 2.05) is 59.5 Å². The molecule has 2 aliphatic rings. The summed E-state index contributed by atoms with van der Waals surface area (Å²) in [7, 11) is 0. The average molecular weight is 486 g/mol. The lowest BCUT2D eigenvalue weighted by Gasteiger charge is -2.40. The Labute approximate surface area is 216 Å². The van der Waals surface area contributed by atoms with E-state index in [-0.39, 0.29) is 11.8 Å². The zero-order chi connectivity index (χ0) is 25.2. The standard InChI is InChI=1S/C31H39N3O2/c1-2-3-16-30(35)34(29-14-8-5-9-15-29)21-10-11-26-17-19-27(20-18-26)31(36)33-24-22-32(23-25-33)28-12-6-4-7-13-28/h5,8-9,14-15,17-20,28H,2-4,6-7,12-13,16,21-25H2,1H3. The van der Waals surface area contributed by atoms with E-state index < -0.39 is 0 Å². The maximum atomic E-state index is 13.0. The molecule has 0 atom stereocenters. The van der Waals surface area contributed by atoms with Crippen molar-refractivity contribution in [3.63, 3.8) is 0 Å². The summed E-state index contributed by atoms with van der Waals surface area (Å²) in [6, 6.07) is 18.0. The predicted octanol–water partition coefficient (Wildman–Crippen LogP) is 5.35. The van der Waals surface area contributed by atoms with Crippen molar-refractivity contribution in [1.29, 1.82) is 0 Å². The number of rotatable bonds is 7. The van der Waals surface area contributed by atoms with Gasteiger partial charge in [-0.15, -0.1) is 0 Å². The van der Waals surface area contributed by atoms with Crippen LogP contribution in [0.15, 0.2) is 54.6 Å². The van der Waals surface area contributed by atoms with E-state index in [0.29, 0.717) is 24.6 Å². The van der Waals surface area contributed by atoms with Crippen molar-refractivity contribution in [1.82, 2.24) is 9.80 Å². The summed E-state index contributed by atoms with van der Waals surface area (Å²) in [6.45, 7) is 6.00.